The third-order valence-electron chi connectivity index (χ3n) is 1.81. The number of hydrogen-bond acceptors (Lipinski definition) is 4. The summed E-state index contributed by atoms with van der Waals surface area (Å²) in [5.41, 5.74) is 10.1. The molecule has 0 bridgehead atoms. The van der Waals surface area contributed by atoms with Gasteiger partial charge in [-0.1, -0.05) is 12.2 Å². The van der Waals surface area contributed by atoms with E-state index in [1.807, 2.05) is 6.08 Å². The van der Waals surface area contributed by atoms with Gasteiger partial charge in [-0.15, -0.1) is 0 Å². The summed E-state index contributed by atoms with van der Waals surface area (Å²) in [6.07, 6.45) is 4.02. The number of aliphatic imine (C=N–C) groups is 1. The van der Waals surface area contributed by atoms with Gasteiger partial charge in [-0.25, -0.2) is 0 Å². The fourth-order valence-electron chi connectivity index (χ4n) is 0.916. The van der Waals surface area contributed by atoms with Crippen LogP contribution in [-0.2, 0) is 9.53 Å². The zero-order valence-corrected chi connectivity index (χ0v) is 9.49. The zero-order valence-electron chi connectivity index (χ0n) is 9.49. The van der Waals surface area contributed by atoms with Crippen LogP contribution in [-0.4, -0.2) is 31.0 Å². The largest absolute Gasteiger partial charge is 0.468 e. The second-order valence-corrected chi connectivity index (χ2v) is 3.57. The van der Waals surface area contributed by atoms with E-state index in [0.717, 1.165) is 0 Å². The van der Waals surface area contributed by atoms with Crippen LogP contribution in [0.3, 0.4) is 0 Å². The van der Waals surface area contributed by atoms with Gasteiger partial charge in [-0.05, 0) is 20.3 Å². The summed E-state index contributed by atoms with van der Waals surface area (Å²) in [4.78, 5) is 15.1. The Kier molecular flexibility index (Phi) is 5.62. The Labute approximate surface area is 90.2 Å². The molecule has 0 fully saturated rings. The minimum Gasteiger partial charge on any atom is -0.468 e. The summed E-state index contributed by atoms with van der Waals surface area (Å²) in [6, 6.07) is 0. The molecule has 1 atom stereocenters. The second-order valence-electron chi connectivity index (χ2n) is 3.57. The van der Waals surface area contributed by atoms with E-state index in [-0.39, 0.29) is 0 Å². The van der Waals surface area contributed by atoms with Crippen molar-refractivity contribution in [2.24, 2.45) is 16.5 Å². The summed E-state index contributed by atoms with van der Waals surface area (Å²) in [5, 5.41) is 0. The molecule has 0 aliphatic rings. The van der Waals surface area contributed by atoms with Crippen molar-refractivity contribution in [2.45, 2.75) is 25.8 Å². The fourth-order valence-corrected chi connectivity index (χ4v) is 0.916. The third kappa shape index (κ3) is 5.85. The number of nitrogens with zero attached hydrogens (tertiary/aromatic N) is 1. The molecule has 0 aromatic carbocycles. The predicted octanol–water partition coefficient (Wildman–Crippen LogP) is 0.200. The molecule has 0 amide bonds. The van der Waals surface area contributed by atoms with Crippen molar-refractivity contribution in [3.63, 3.8) is 0 Å². The third-order valence-corrected chi connectivity index (χ3v) is 1.81. The van der Waals surface area contributed by atoms with E-state index in [1.54, 1.807) is 19.9 Å². The predicted molar refractivity (Wildman–Crippen MR) is 60.5 cm³/mol. The first-order chi connectivity index (χ1) is 6.90. The van der Waals surface area contributed by atoms with Gasteiger partial charge in [-0.3, -0.25) is 9.79 Å². The molecule has 4 N–H and O–H groups in total. The minimum absolute atomic E-state index is 0.415. The number of methoxy groups -OCH3 is 1. The SMILES string of the molecule is COC(=O)[C@@](C)(N)CC=CCN=C(C)N. The van der Waals surface area contributed by atoms with Crippen LogP contribution < -0.4 is 11.5 Å². The normalized spacial score (nSPS) is 16.4. The van der Waals surface area contributed by atoms with E-state index in [9.17, 15) is 4.79 Å². The first kappa shape index (κ1) is 13.6. The zero-order chi connectivity index (χ0) is 11.9. The number of carbonyl (C=O) groups excluding carboxylic acids is 1. The summed E-state index contributed by atoms with van der Waals surface area (Å²) >= 11 is 0. The molecular weight excluding hydrogens is 194 g/mol. The average molecular weight is 213 g/mol. The van der Waals surface area contributed by atoms with Crippen LogP contribution in [0, 0.1) is 0 Å². The highest BCUT2D eigenvalue weighted by molar-refractivity contribution is 5.80. The van der Waals surface area contributed by atoms with Crippen LogP contribution in [0.25, 0.3) is 0 Å². The molecule has 0 radical (unpaired) electrons. The van der Waals surface area contributed by atoms with E-state index >= 15 is 0 Å². The van der Waals surface area contributed by atoms with E-state index in [2.05, 4.69) is 9.73 Å². The van der Waals surface area contributed by atoms with Gasteiger partial charge in [0, 0.05) is 0 Å². The van der Waals surface area contributed by atoms with Crippen molar-refractivity contribution in [1.29, 1.82) is 0 Å². The molecule has 5 heteroatoms. The van der Waals surface area contributed by atoms with E-state index in [4.69, 9.17) is 11.5 Å². The maximum atomic E-state index is 11.2. The molecule has 86 valence electrons. The molecule has 5 nitrogen and oxygen atoms in total. The van der Waals surface area contributed by atoms with Gasteiger partial charge in [-0.2, -0.15) is 0 Å². The highest BCUT2D eigenvalue weighted by Gasteiger charge is 2.27. The lowest BCUT2D eigenvalue weighted by atomic mass is 9.99. The van der Waals surface area contributed by atoms with Gasteiger partial charge in [0.2, 0.25) is 0 Å². The van der Waals surface area contributed by atoms with E-state index in [0.29, 0.717) is 18.8 Å². The molecule has 0 aromatic rings. The Morgan fingerprint density at radius 3 is 2.60 bits per heavy atom. The van der Waals surface area contributed by atoms with Gasteiger partial charge < -0.3 is 16.2 Å². The molecule has 0 spiro atoms. The quantitative estimate of drug-likeness (QED) is 0.295. The molecule has 0 heterocycles. The molecule has 0 aliphatic heterocycles. The highest BCUT2D eigenvalue weighted by atomic mass is 16.5. The summed E-state index contributed by atoms with van der Waals surface area (Å²) in [7, 11) is 1.32. The topological polar surface area (TPSA) is 90.7 Å². The first-order valence-electron chi connectivity index (χ1n) is 4.69. The van der Waals surface area contributed by atoms with Gasteiger partial charge >= 0.3 is 5.97 Å². The molecule has 15 heavy (non-hydrogen) atoms. The molecule has 0 unspecified atom stereocenters. The van der Waals surface area contributed by atoms with Gasteiger partial charge in [0.15, 0.2) is 0 Å². The number of rotatable bonds is 5. The highest BCUT2D eigenvalue weighted by Crippen LogP contribution is 2.08. The van der Waals surface area contributed by atoms with Gasteiger partial charge in [0.05, 0.1) is 19.5 Å². The van der Waals surface area contributed by atoms with Crippen molar-refractivity contribution in [3.05, 3.63) is 12.2 Å². The van der Waals surface area contributed by atoms with Gasteiger partial charge in [0.25, 0.3) is 0 Å². The van der Waals surface area contributed by atoms with Crippen molar-refractivity contribution in [3.8, 4) is 0 Å². The van der Waals surface area contributed by atoms with E-state index < -0.39 is 11.5 Å². The molecule has 0 saturated heterocycles. The fraction of sp³-hybridized carbons (Fsp3) is 0.600. The Morgan fingerprint density at radius 2 is 2.13 bits per heavy atom. The molecule has 0 rings (SSSR count). The molecule has 0 aromatic heterocycles. The molecule has 0 aliphatic carbocycles. The number of nitrogens with two attached hydrogens (primary N) is 2. The number of amidine groups is 1. The first-order valence-corrected chi connectivity index (χ1v) is 4.69. The summed E-state index contributed by atoms with van der Waals surface area (Å²) < 4.78 is 4.56. The monoisotopic (exact) mass is 213 g/mol. The number of carbonyl (C=O) groups is 1. The van der Waals surface area contributed by atoms with Crippen LogP contribution in [0.15, 0.2) is 17.1 Å². The van der Waals surface area contributed by atoms with Crippen molar-refractivity contribution in [2.75, 3.05) is 13.7 Å². The standard InChI is InChI=1S/C10H19N3O2/c1-8(11)13-7-5-4-6-10(2,12)9(14)15-3/h4-5H,6-7,12H2,1-3H3,(H2,11,13)/t10-/m0/s1. The smallest absolute Gasteiger partial charge is 0.325 e. The maximum Gasteiger partial charge on any atom is 0.325 e. The van der Waals surface area contributed by atoms with Crippen LogP contribution in [0.1, 0.15) is 20.3 Å². The Morgan fingerprint density at radius 1 is 1.53 bits per heavy atom. The second kappa shape index (κ2) is 6.19. The average Bonchev–Trinajstić information content (AvgIpc) is 2.15. The van der Waals surface area contributed by atoms with Crippen molar-refractivity contribution >= 4 is 11.8 Å². The van der Waals surface area contributed by atoms with Crippen LogP contribution in [0.5, 0.6) is 0 Å². The number of esters is 1. The maximum absolute atomic E-state index is 11.2. The van der Waals surface area contributed by atoms with Crippen molar-refractivity contribution < 1.29 is 9.53 Å². The molecule has 0 saturated carbocycles. The lowest BCUT2D eigenvalue weighted by Gasteiger charge is -2.18. The summed E-state index contributed by atoms with van der Waals surface area (Å²) in [6.45, 7) is 3.84. The van der Waals surface area contributed by atoms with Gasteiger partial charge in [0.1, 0.15) is 5.54 Å². The lowest BCUT2D eigenvalue weighted by Crippen LogP contribution is -2.45. The Bertz CT molecular complexity index is 266. The molecular formula is C10H19N3O2. The van der Waals surface area contributed by atoms with Crippen LogP contribution in [0.2, 0.25) is 0 Å². The minimum atomic E-state index is -0.979. The van der Waals surface area contributed by atoms with Crippen LogP contribution in [0.4, 0.5) is 0 Å². The van der Waals surface area contributed by atoms with E-state index in [1.165, 1.54) is 7.11 Å². The Hall–Kier alpha value is -1.36. The lowest BCUT2D eigenvalue weighted by molar-refractivity contribution is -0.146. The van der Waals surface area contributed by atoms with Crippen LogP contribution >= 0.6 is 0 Å². The summed E-state index contributed by atoms with van der Waals surface area (Å²) in [5.74, 6) is 0.105. The number of hydrogen-bond donors (Lipinski definition) is 2. The number of ether oxygens (including phenoxy) is 1. The van der Waals surface area contributed by atoms with Crippen molar-refractivity contribution in [1.82, 2.24) is 0 Å². The Balaban J connectivity index is 4.04.